The van der Waals surface area contributed by atoms with E-state index in [0.29, 0.717) is 5.11 Å². The van der Waals surface area contributed by atoms with Crippen molar-refractivity contribution in [2.45, 2.75) is 32.2 Å². The van der Waals surface area contributed by atoms with Crippen LogP contribution in [0, 0.1) is 5.82 Å². The third kappa shape index (κ3) is 3.51. The van der Waals surface area contributed by atoms with Crippen LogP contribution in [0.2, 0.25) is 0 Å². The molecular weight excluding hydrogens is 347 g/mol. The average Bonchev–Trinajstić information content (AvgIpc) is 2.89. The maximum absolute atomic E-state index is 13.1. The minimum atomic E-state index is -0.278. The normalized spacial score (nSPS) is 14.7. The Morgan fingerprint density at radius 3 is 2.73 bits per heavy atom. The molecule has 2 heterocycles. The van der Waals surface area contributed by atoms with Gasteiger partial charge < -0.3 is 9.88 Å². The molecule has 1 N–H and O–H groups in total. The summed E-state index contributed by atoms with van der Waals surface area (Å²) in [6, 6.07) is 14.1. The van der Waals surface area contributed by atoms with Crippen LogP contribution >= 0.6 is 12.2 Å². The van der Waals surface area contributed by atoms with E-state index in [9.17, 15) is 4.39 Å². The van der Waals surface area contributed by atoms with E-state index < -0.39 is 0 Å². The lowest BCUT2D eigenvalue weighted by atomic mass is 10.2. The number of halogens is 1. The third-order valence-electron chi connectivity index (χ3n) is 4.55. The Labute approximate surface area is 156 Å². The number of benzene rings is 2. The molecule has 4 rings (SSSR count). The summed E-state index contributed by atoms with van der Waals surface area (Å²) in [4.78, 5) is 9.54. The monoisotopic (exact) mass is 366 g/mol. The minimum absolute atomic E-state index is 0.278. The Morgan fingerprint density at radius 2 is 1.88 bits per heavy atom. The molecule has 0 fully saturated rings. The maximum atomic E-state index is 13.1. The van der Waals surface area contributed by atoms with E-state index in [0.717, 1.165) is 53.7 Å². The molecule has 0 amide bonds. The number of hydrogen-bond acceptors (Lipinski definition) is 2. The van der Waals surface area contributed by atoms with E-state index in [-0.39, 0.29) is 5.82 Å². The first kappa shape index (κ1) is 16.8. The first-order valence-electron chi connectivity index (χ1n) is 8.80. The highest BCUT2D eigenvalue weighted by atomic mass is 32.1. The molecule has 0 saturated carbocycles. The summed E-state index contributed by atoms with van der Waals surface area (Å²) >= 11 is 5.45. The molecule has 4 nitrogen and oxygen atoms in total. The van der Waals surface area contributed by atoms with Gasteiger partial charge in [0.1, 0.15) is 17.1 Å². The minimum Gasteiger partial charge on any atom is -0.331 e. The van der Waals surface area contributed by atoms with Gasteiger partial charge in [0.2, 0.25) is 0 Å². The number of hydrogen-bond donors (Lipinski definition) is 1. The van der Waals surface area contributed by atoms with Gasteiger partial charge in [-0.25, -0.2) is 14.4 Å². The average molecular weight is 366 g/mol. The van der Waals surface area contributed by atoms with Crippen LogP contribution < -0.4 is 10.8 Å². The van der Waals surface area contributed by atoms with Crippen LogP contribution in [0.3, 0.4) is 0 Å². The maximum Gasteiger partial charge on any atom is 0.199 e. The lowest BCUT2D eigenvalue weighted by Gasteiger charge is -2.13. The largest absolute Gasteiger partial charge is 0.331 e. The van der Waals surface area contributed by atoms with E-state index in [4.69, 9.17) is 22.2 Å². The standard InChI is InChI=1S/C20H19FN4S/c21-14-9-11-15(12-10-14)22-20(26)24-19-16-6-3-4-7-17(16)23-18-8-2-1-5-13-25(18)19/h3-4,6-7,9-12H,1-2,5,8,13H2,(H,22,26). The van der Waals surface area contributed by atoms with E-state index >= 15 is 0 Å². The molecule has 0 unspecified atom stereocenters. The van der Waals surface area contributed by atoms with Crippen molar-refractivity contribution in [3.63, 3.8) is 0 Å². The molecule has 2 aromatic carbocycles. The fraction of sp³-hybridized carbons (Fsp3) is 0.250. The van der Waals surface area contributed by atoms with E-state index in [1.807, 2.05) is 24.3 Å². The number of aromatic nitrogens is 2. The molecule has 0 atom stereocenters. The molecule has 26 heavy (non-hydrogen) atoms. The summed E-state index contributed by atoms with van der Waals surface area (Å²) in [6.07, 6.45) is 4.39. The highest BCUT2D eigenvalue weighted by molar-refractivity contribution is 7.80. The quantitative estimate of drug-likeness (QED) is 0.657. The number of aryl methyl sites for hydroxylation is 1. The Kier molecular flexibility index (Phi) is 4.75. The Morgan fingerprint density at radius 1 is 1.08 bits per heavy atom. The molecule has 0 aliphatic carbocycles. The molecule has 0 bridgehead atoms. The summed E-state index contributed by atoms with van der Waals surface area (Å²) in [7, 11) is 0. The predicted molar refractivity (Wildman–Crippen MR) is 105 cm³/mol. The predicted octanol–water partition coefficient (Wildman–Crippen LogP) is 4.20. The van der Waals surface area contributed by atoms with Crippen molar-refractivity contribution >= 4 is 33.9 Å². The first-order valence-corrected chi connectivity index (χ1v) is 9.21. The van der Waals surface area contributed by atoms with Gasteiger partial charge in [0.15, 0.2) is 5.11 Å². The second-order valence-electron chi connectivity index (χ2n) is 6.38. The zero-order chi connectivity index (χ0) is 17.9. The number of nitrogens with zero attached hydrogens (tertiary/aromatic N) is 3. The number of para-hydroxylation sites is 1. The molecule has 132 valence electrons. The molecule has 3 aromatic rings. The SMILES string of the molecule is Fc1ccc(NC(=S)N=c2c3ccccc3nc3n2CCCCC3)cc1. The molecule has 1 aliphatic rings. The van der Waals surface area contributed by atoms with Crippen LogP contribution in [0.25, 0.3) is 10.9 Å². The topological polar surface area (TPSA) is 42.2 Å². The molecule has 1 aromatic heterocycles. The van der Waals surface area contributed by atoms with E-state index in [1.165, 1.54) is 18.6 Å². The highest BCUT2D eigenvalue weighted by Gasteiger charge is 2.12. The fourth-order valence-electron chi connectivity index (χ4n) is 3.28. The van der Waals surface area contributed by atoms with Crippen LogP contribution in [-0.2, 0) is 13.0 Å². The van der Waals surface area contributed by atoms with Crippen LogP contribution in [0.4, 0.5) is 10.1 Å². The zero-order valence-corrected chi connectivity index (χ0v) is 15.1. The lowest BCUT2D eigenvalue weighted by Crippen LogP contribution is -2.28. The molecule has 0 saturated heterocycles. The van der Waals surface area contributed by atoms with Crippen molar-refractivity contribution in [2.75, 3.05) is 5.32 Å². The Balaban J connectivity index is 1.80. The first-order chi connectivity index (χ1) is 12.7. The number of thiocarbonyl (C=S) groups is 1. The van der Waals surface area contributed by atoms with Gasteiger partial charge in [-0.15, -0.1) is 0 Å². The molecule has 1 aliphatic heterocycles. The second-order valence-corrected chi connectivity index (χ2v) is 6.77. The number of nitrogens with one attached hydrogen (secondary N) is 1. The van der Waals surface area contributed by atoms with Gasteiger partial charge in [-0.2, -0.15) is 0 Å². The number of anilines is 1. The van der Waals surface area contributed by atoms with Crippen LogP contribution in [0.5, 0.6) is 0 Å². The molecule has 0 radical (unpaired) electrons. The molecular formula is C20H19FN4S. The number of rotatable bonds is 1. The van der Waals surface area contributed by atoms with Gasteiger partial charge in [-0.1, -0.05) is 18.6 Å². The zero-order valence-electron chi connectivity index (χ0n) is 14.3. The van der Waals surface area contributed by atoms with Crippen molar-refractivity contribution in [1.29, 1.82) is 0 Å². The van der Waals surface area contributed by atoms with E-state index in [1.54, 1.807) is 12.1 Å². The van der Waals surface area contributed by atoms with Crippen molar-refractivity contribution in [1.82, 2.24) is 9.55 Å². The van der Waals surface area contributed by atoms with Gasteiger partial charge in [0.05, 0.1) is 5.52 Å². The summed E-state index contributed by atoms with van der Waals surface area (Å²) in [5.41, 5.74) is 2.49. The summed E-state index contributed by atoms with van der Waals surface area (Å²) in [5, 5.41) is 4.41. The van der Waals surface area contributed by atoms with Gasteiger partial charge in [-0.3, -0.25) is 0 Å². The second kappa shape index (κ2) is 7.33. The number of fused-ring (bicyclic) bond motifs is 2. The molecule has 0 spiro atoms. The fourth-order valence-corrected chi connectivity index (χ4v) is 3.49. The van der Waals surface area contributed by atoms with Crippen molar-refractivity contribution < 1.29 is 4.39 Å². The van der Waals surface area contributed by atoms with Crippen molar-refractivity contribution in [3.05, 3.63) is 65.7 Å². The van der Waals surface area contributed by atoms with Gasteiger partial charge in [0.25, 0.3) is 0 Å². The van der Waals surface area contributed by atoms with Gasteiger partial charge in [0, 0.05) is 24.0 Å². The van der Waals surface area contributed by atoms with Crippen molar-refractivity contribution in [2.24, 2.45) is 4.99 Å². The molecule has 6 heteroatoms. The summed E-state index contributed by atoms with van der Waals surface area (Å²) < 4.78 is 15.3. The van der Waals surface area contributed by atoms with Crippen molar-refractivity contribution in [3.8, 4) is 0 Å². The highest BCUT2D eigenvalue weighted by Crippen LogP contribution is 2.15. The third-order valence-corrected chi connectivity index (χ3v) is 4.74. The smallest absolute Gasteiger partial charge is 0.199 e. The summed E-state index contributed by atoms with van der Waals surface area (Å²) in [5.74, 6) is 0.781. The lowest BCUT2D eigenvalue weighted by molar-refractivity contribution is 0.608. The Bertz CT molecular complexity index is 1020. The van der Waals surface area contributed by atoms with E-state index in [2.05, 4.69) is 9.88 Å². The Hall–Kier alpha value is -2.60. The van der Waals surface area contributed by atoms with Crippen LogP contribution in [0.1, 0.15) is 25.1 Å². The summed E-state index contributed by atoms with van der Waals surface area (Å²) in [6.45, 7) is 0.894. The van der Waals surface area contributed by atoms with Gasteiger partial charge in [-0.05, 0) is 61.5 Å². The van der Waals surface area contributed by atoms with Gasteiger partial charge >= 0.3 is 0 Å². The van der Waals surface area contributed by atoms with Crippen LogP contribution in [0.15, 0.2) is 53.5 Å². The van der Waals surface area contributed by atoms with Crippen LogP contribution in [-0.4, -0.2) is 14.7 Å².